The summed E-state index contributed by atoms with van der Waals surface area (Å²) in [4.78, 5) is 24.0. The summed E-state index contributed by atoms with van der Waals surface area (Å²) in [5, 5.41) is 0. The first-order chi connectivity index (χ1) is 11.5. The number of benzene rings is 1. The van der Waals surface area contributed by atoms with E-state index < -0.39 is 12.3 Å². The number of methoxy groups -OCH3 is 1. The summed E-state index contributed by atoms with van der Waals surface area (Å²) in [7, 11) is 1.46. The minimum Gasteiger partial charge on any atom is -0.495 e. The van der Waals surface area contributed by atoms with E-state index in [1.807, 2.05) is 19.9 Å². The Bertz CT molecular complexity index is 685. The van der Waals surface area contributed by atoms with Gasteiger partial charge in [0.2, 0.25) is 6.29 Å². The summed E-state index contributed by atoms with van der Waals surface area (Å²) in [5.41, 5.74) is 2.53. The number of esters is 1. The average Bonchev–Trinajstić information content (AvgIpc) is 2.84. The number of aldehydes is 1. The molecule has 6 nitrogen and oxygen atoms in total. The normalized spacial score (nSPS) is 15.5. The van der Waals surface area contributed by atoms with Gasteiger partial charge in [0.1, 0.15) is 23.7 Å². The second kappa shape index (κ2) is 7.49. The molecule has 0 bridgehead atoms. The van der Waals surface area contributed by atoms with Crippen LogP contribution in [-0.2, 0) is 9.47 Å². The molecule has 0 aromatic heterocycles. The molecular formula is C18H22O6. The number of hydrogen-bond donors (Lipinski definition) is 0. The number of fused-ring (bicyclic) bond motifs is 1. The lowest BCUT2D eigenvalue weighted by Gasteiger charge is -2.18. The van der Waals surface area contributed by atoms with E-state index >= 15 is 0 Å². The topological polar surface area (TPSA) is 71.1 Å². The second-order valence-corrected chi connectivity index (χ2v) is 5.59. The minimum absolute atomic E-state index is 0.227. The second-order valence-electron chi connectivity index (χ2n) is 5.59. The van der Waals surface area contributed by atoms with Crippen LogP contribution in [0, 0.1) is 6.92 Å². The van der Waals surface area contributed by atoms with Crippen LogP contribution in [0.2, 0.25) is 0 Å². The van der Waals surface area contributed by atoms with Crippen molar-refractivity contribution in [2.45, 2.75) is 34.0 Å². The van der Waals surface area contributed by atoms with E-state index in [0.29, 0.717) is 42.1 Å². The average molecular weight is 334 g/mol. The van der Waals surface area contributed by atoms with Gasteiger partial charge >= 0.3 is 5.97 Å². The first kappa shape index (κ1) is 18.0. The molecule has 0 saturated carbocycles. The fourth-order valence-corrected chi connectivity index (χ4v) is 2.65. The number of rotatable bonds is 7. The molecule has 1 aromatic carbocycles. The summed E-state index contributed by atoms with van der Waals surface area (Å²) in [6.45, 7) is 8.07. The van der Waals surface area contributed by atoms with Crippen LogP contribution >= 0.6 is 0 Å². The first-order valence-electron chi connectivity index (χ1n) is 7.74. The van der Waals surface area contributed by atoms with Gasteiger partial charge in [0.05, 0.1) is 18.2 Å². The SMILES string of the molecule is CCO[C@@H]1OC(=O)c2c(OC)c(C)c(OCC=C(C)C)c(C=O)c21. The van der Waals surface area contributed by atoms with Crippen LogP contribution in [0.4, 0.5) is 0 Å². The van der Waals surface area contributed by atoms with Crippen molar-refractivity contribution in [2.24, 2.45) is 0 Å². The van der Waals surface area contributed by atoms with E-state index in [1.54, 1.807) is 13.8 Å². The fraction of sp³-hybridized carbons (Fsp3) is 0.444. The van der Waals surface area contributed by atoms with Gasteiger partial charge in [-0.15, -0.1) is 0 Å². The van der Waals surface area contributed by atoms with Gasteiger partial charge in [-0.2, -0.15) is 0 Å². The van der Waals surface area contributed by atoms with Gasteiger partial charge in [0, 0.05) is 12.2 Å². The van der Waals surface area contributed by atoms with E-state index in [4.69, 9.17) is 18.9 Å². The van der Waals surface area contributed by atoms with Crippen LogP contribution in [0.5, 0.6) is 11.5 Å². The van der Waals surface area contributed by atoms with Crippen molar-refractivity contribution >= 4 is 12.3 Å². The molecule has 0 amide bonds. The highest BCUT2D eigenvalue weighted by Crippen LogP contribution is 2.46. The summed E-state index contributed by atoms with van der Waals surface area (Å²) >= 11 is 0. The third-order valence-electron chi connectivity index (χ3n) is 3.73. The minimum atomic E-state index is -0.932. The maximum absolute atomic E-state index is 12.2. The zero-order valence-corrected chi connectivity index (χ0v) is 14.6. The van der Waals surface area contributed by atoms with E-state index in [1.165, 1.54) is 7.11 Å². The molecule has 2 rings (SSSR count). The lowest BCUT2D eigenvalue weighted by atomic mass is 9.96. The number of allylic oxidation sites excluding steroid dienone is 1. The molecule has 130 valence electrons. The van der Waals surface area contributed by atoms with Gasteiger partial charge in [0.15, 0.2) is 6.29 Å². The molecule has 1 heterocycles. The predicted molar refractivity (Wildman–Crippen MR) is 87.8 cm³/mol. The van der Waals surface area contributed by atoms with Crippen molar-refractivity contribution in [1.82, 2.24) is 0 Å². The number of cyclic esters (lactones) is 1. The van der Waals surface area contributed by atoms with Crippen LogP contribution in [0.25, 0.3) is 0 Å². The molecule has 0 N–H and O–H groups in total. The molecule has 1 aliphatic rings. The van der Waals surface area contributed by atoms with Crippen molar-refractivity contribution in [1.29, 1.82) is 0 Å². The van der Waals surface area contributed by atoms with Crippen LogP contribution in [0.15, 0.2) is 11.6 Å². The van der Waals surface area contributed by atoms with Gasteiger partial charge < -0.3 is 18.9 Å². The molecule has 6 heteroatoms. The van der Waals surface area contributed by atoms with Gasteiger partial charge in [-0.05, 0) is 33.8 Å². The van der Waals surface area contributed by atoms with E-state index in [9.17, 15) is 9.59 Å². The molecule has 0 unspecified atom stereocenters. The smallest absolute Gasteiger partial charge is 0.345 e. The molecule has 1 aliphatic heterocycles. The highest BCUT2D eigenvalue weighted by atomic mass is 16.7. The molecular weight excluding hydrogens is 312 g/mol. The lowest BCUT2D eigenvalue weighted by molar-refractivity contribution is -0.0995. The third kappa shape index (κ3) is 3.14. The Morgan fingerprint density at radius 1 is 1.29 bits per heavy atom. The largest absolute Gasteiger partial charge is 0.495 e. The molecule has 0 aliphatic carbocycles. The van der Waals surface area contributed by atoms with Gasteiger partial charge in [0.25, 0.3) is 0 Å². The van der Waals surface area contributed by atoms with Crippen molar-refractivity contribution in [3.05, 3.63) is 33.9 Å². The first-order valence-corrected chi connectivity index (χ1v) is 7.74. The molecule has 24 heavy (non-hydrogen) atoms. The summed E-state index contributed by atoms with van der Waals surface area (Å²) in [6.07, 6.45) is 1.63. The van der Waals surface area contributed by atoms with Crippen LogP contribution in [0.1, 0.15) is 58.9 Å². The quantitative estimate of drug-likeness (QED) is 0.432. The van der Waals surface area contributed by atoms with E-state index in [0.717, 1.165) is 5.57 Å². The molecule has 0 radical (unpaired) electrons. The van der Waals surface area contributed by atoms with Crippen LogP contribution in [0.3, 0.4) is 0 Å². The number of hydrogen-bond acceptors (Lipinski definition) is 6. The van der Waals surface area contributed by atoms with Gasteiger partial charge in [-0.1, -0.05) is 5.57 Å². The van der Waals surface area contributed by atoms with Crippen molar-refractivity contribution in [3.8, 4) is 11.5 Å². The summed E-state index contributed by atoms with van der Waals surface area (Å²) in [5.74, 6) is 0.151. The highest BCUT2D eigenvalue weighted by Gasteiger charge is 2.40. The Morgan fingerprint density at radius 3 is 2.54 bits per heavy atom. The standard InChI is InChI=1S/C18H22O6/c1-6-22-18-13-12(9-19)15(23-8-7-10(2)3)11(4)16(21-5)14(13)17(20)24-18/h7,9,18H,6,8H2,1-5H3/t18-/m1/s1. The fourth-order valence-electron chi connectivity index (χ4n) is 2.65. The summed E-state index contributed by atoms with van der Waals surface area (Å²) < 4.78 is 21.9. The van der Waals surface area contributed by atoms with Crippen LogP contribution in [-0.4, -0.2) is 32.6 Å². The number of ether oxygens (including phenoxy) is 4. The maximum Gasteiger partial charge on any atom is 0.345 e. The molecule has 1 atom stereocenters. The monoisotopic (exact) mass is 334 g/mol. The predicted octanol–water partition coefficient (Wildman–Crippen LogP) is 3.37. The summed E-state index contributed by atoms with van der Waals surface area (Å²) in [6, 6.07) is 0. The number of carbonyl (C=O) groups excluding carboxylic acids is 2. The Labute approximate surface area is 141 Å². The molecule has 1 aromatic rings. The Kier molecular flexibility index (Phi) is 5.62. The van der Waals surface area contributed by atoms with Gasteiger partial charge in [-0.3, -0.25) is 4.79 Å². The Balaban J connectivity index is 2.64. The molecule has 0 fully saturated rings. The maximum atomic E-state index is 12.2. The van der Waals surface area contributed by atoms with Crippen molar-refractivity contribution in [3.63, 3.8) is 0 Å². The van der Waals surface area contributed by atoms with E-state index in [2.05, 4.69) is 0 Å². The number of carbonyl (C=O) groups is 2. The molecule has 0 saturated heterocycles. The molecule has 0 spiro atoms. The van der Waals surface area contributed by atoms with Crippen LogP contribution < -0.4 is 9.47 Å². The zero-order valence-electron chi connectivity index (χ0n) is 14.6. The van der Waals surface area contributed by atoms with Crippen molar-refractivity contribution < 1.29 is 28.5 Å². The lowest BCUT2D eigenvalue weighted by Crippen LogP contribution is -2.10. The zero-order chi connectivity index (χ0) is 17.9. The third-order valence-corrected chi connectivity index (χ3v) is 3.73. The Hall–Kier alpha value is -2.34. The Morgan fingerprint density at radius 2 is 2.00 bits per heavy atom. The van der Waals surface area contributed by atoms with Gasteiger partial charge in [-0.25, -0.2) is 4.79 Å². The van der Waals surface area contributed by atoms with Crippen molar-refractivity contribution in [2.75, 3.05) is 20.3 Å². The van der Waals surface area contributed by atoms with E-state index in [-0.39, 0.29) is 11.1 Å². The highest BCUT2D eigenvalue weighted by molar-refractivity contribution is 6.02.